The van der Waals surface area contributed by atoms with Gasteiger partial charge in [0.05, 0.1) is 0 Å². The lowest BCUT2D eigenvalue weighted by atomic mass is 10.2. The van der Waals surface area contributed by atoms with E-state index in [9.17, 15) is 9.18 Å². The summed E-state index contributed by atoms with van der Waals surface area (Å²) in [6.45, 7) is 1.78. The Balaban J connectivity index is 1.75. The van der Waals surface area contributed by atoms with E-state index in [0.29, 0.717) is 23.0 Å². The van der Waals surface area contributed by atoms with E-state index in [1.165, 1.54) is 24.4 Å². The molecule has 0 atom stereocenters. The molecule has 0 fully saturated rings. The molecule has 2 heterocycles. The van der Waals surface area contributed by atoms with Crippen molar-refractivity contribution in [2.24, 2.45) is 0 Å². The molecule has 7 heteroatoms. The molecule has 23 heavy (non-hydrogen) atoms. The van der Waals surface area contributed by atoms with Crippen molar-refractivity contribution in [3.63, 3.8) is 0 Å². The van der Waals surface area contributed by atoms with Crippen molar-refractivity contribution in [3.05, 3.63) is 65.9 Å². The lowest BCUT2D eigenvalue weighted by Crippen LogP contribution is -2.13. The van der Waals surface area contributed by atoms with Gasteiger partial charge in [-0.3, -0.25) is 9.78 Å². The van der Waals surface area contributed by atoms with Crippen LogP contribution in [0.3, 0.4) is 0 Å². The SMILES string of the molecule is Cc1cc(Nc2ccnc(C(=O)Nc3cccc(F)c3)c2)no1. The molecular formula is C16H13FN4O2. The number of nitrogens with one attached hydrogen (secondary N) is 2. The summed E-state index contributed by atoms with van der Waals surface area (Å²) >= 11 is 0. The highest BCUT2D eigenvalue weighted by Crippen LogP contribution is 2.17. The summed E-state index contributed by atoms with van der Waals surface area (Å²) in [5.74, 6) is 0.346. The van der Waals surface area contributed by atoms with E-state index in [1.54, 1.807) is 31.2 Å². The Morgan fingerprint density at radius 3 is 2.78 bits per heavy atom. The van der Waals surface area contributed by atoms with Gasteiger partial charge < -0.3 is 15.2 Å². The maximum absolute atomic E-state index is 13.1. The Kier molecular flexibility index (Phi) is 4.01. The molecule has 0 aliphatic rings. The average molecular weight is 312 g/mol. The second-order valence-corrected chi connectivity index (χ2v) is 4.84. The molecule has 116 valence electrons. The van der Waals surface area contributed by atoms with Crippen LogP contribution in [0.1, 0.15) is 16.2 Å². The summed E-state index contributed by atoms with van der Waals surface area (Å²) in [7, 11) is 0. The Morgan fingerprint density at radius 2 is 2.04 bits per heavy atom. The maximum Gasteiger partial charge on any atom is 0.274 e. The largest absolute Gasteiger partial charge is 0.360 e. The standard InChI is InChI=1S/C16H13FN4O2/c1-10-7-15(21-23-10)19-13-5-6-18-14(9-13)16(22)20-12-4-2-3-11(17)8-12/h2-9H,1H3,(H,20,22)(H,18,19,21). The van der Waals surface area contributed by atoms with Crippen LogP contribution in [0.15, 0.2) is 53.2 Å². The summed E-state index contributed by atoms with van der Waals surface area (Å²) in [4.78, 5) is 16.2. The van der Waals surface area contributed by atoms with Crippen molar-refractivity contribution >= 4 is 23.1 Å². The molecule has 0 spiro atoms. The number of nitrogens with zero attached hydrogens (tertiary/aromatic N) is 2. The van der Waals surface area contributed by atoms with Gasteiger partial charge in [-0.1, -0.05) is 11.2 Å². The van der Waals surface area contributed by atoms with Crippen molar-refractivity contribution < 1.29 is 13.7 Å². The first-order valence-electron chi connectivity index (χ1n) is 6.83. The molecule has 6 nitrogen and oxygen atoms in total. The highest BCUT2D eigenvalue weighted by atomic mass is 19.1. The molecule has 0 bridgehead atoms. The molecule has 3 rings (SSSR count). The van der Waals surface area contributed by atoms with Crippen LogP contribution in [-0.2, 0) is 0 Å². The van der Waals surface area contributed by atoms with Gasteiger partial charge in [0, 0.05) is 23.6 Å². The number of aryl methyl sites for hydroxylation is 1. The van der Waals surface area contributed by atoms with E-state index >= 15 is 0 Å². The van der Waals surface area contributed by atoms with Crippen molar-refractivity contribution in [1.29, 1.82) is 0 Å². The van der Waals surface area contributed by atoms with Crippen LogP contribution in [0.4, 0.5) is 21.6 Å². The van der Waals surface area contributed by atoms with Crippen LogP contribution < -0.4 is 10.6 Å². The zero-order valence-corrected chi connectivity index (χ0v) is 12.2. The third kappa shape index (κ3) is 3.70. The Morgan fingerprint density at radius 1 is 1.17 bits per heavy atom. The first-order chi connectivity index (χ1) is 11.1. The molecule has 1 amide bonds. The molecule has 2 aromatic heterocycles. The van der Waals surface area contributed by atoms with Crippen LogP contribution in [0.5, 0.6) is 0 Å². The zero-order chi connectivity index (χ0) is 16.2. The van der Waals surface area contributed by atoms with E-state index < -0.39 is 11.7 Å². The lowest BCUT2D eigenvalue weighted by molar-refractivity contribution is 0.102. The van der Waals surface area contributed by atoms with Crippen LogP contribution in [-0.4, -0.2) is 16.0 Å². The Hall–Kier alpha value is -3.22. The summed E-state index contributed by atoms with van der Waals surface area (Å²) < 4.78 is 18.1. The number of rotatable bonds is 4. The minimum absolute atomic E-state index is 0.194. The average Bonchev–Trinajstić information content (AvgIpc) is 2.92. The van der Waals surface area contributed by atoms with E-state index in [1.807, 2.05) is 0 Å². The molecule has 0 aliphatic heterocycles. The number of pyridine rings is 1. The second-order valence-electron chi connectivity index (χ2n) is 4.84. The molecule has 3 aromatic rings. The van der Waals surface area contributed by atoms with Gasteiger partial charge in [-0.05, 0) is 37.3 Å². The number of hydrogen-bond acceptors (Lipinski definition) is 5. The summed E-state index contributed by atoms with van der Waals surface area (Å²) in [6.07, 6.45) is 1.50. The summed E-state index contributed by atoms with van der Waals surface area (Å²) in [5, 5.41) is 9.41. The number of carbonyl (C=O) groups excluding carboxylic acids is 1. The van der Waals surface area contributed by atoms with Crippen molar-refractivity contribution in [2.45, 2.75) is 6.92 Å². The zero-order valence-electron chi connectivity index (χ0n) is 12.2. The first-order valence-corrected chi connectivity index (χ1v) is 6.83. The maximum atomic E-state index is 13.1. The van der Waals surface area contributed by atoms with E-state index in [0.717, 1.165) is 0 Å². The van der Waals surface area contributed by atoms with Crippen LogP contribution in [0.2, 0.25) is 0 Å². The molecule has 0 aliphatic carbocycles. The number of aromatic nitrogens is 2. The summed E-state index contributed by atoms with van der Waals surface area (Å²) in [6, 6.07) is 10.6. The normalized spacial score (nSPS) is 10.3. The minimum atomic E-state index is -0.435. The van der Waals surface area contributed by atoms with Gasteiger partial charge in [0.25, 0.3) is 5.91 Å². The van der Waals surface area contributed by atoms with Crippen LogP contribution in [0.25, 0.3) is 0 Å². The fraction of sp³-hybridized carbons (Fsp3) is 0.0625. The van der Waals surface area contributed by atoms with Crippen LogP contribution in [0, 0.1) is 12.7 Å². The molecule has 1 aromatic carbocycles. The van der Waals surface area contributed by atoms with Gasteiger partial charge in [0.1, 0.15) is 17.3 Å². The first kappa shape index (κ1) is 14.7. The summed E-state index contributed by atoms with van der Waals surface area (Å²) in [5.41, 5.74) is 1.19. The number of amides is 1. The molecule has 2 N–H and O–H groups in total. The van der Waals surface area contributed by atoms with Gasteiger partial charge in [-0.15, -0.1) is 0 Å². The number of carbonyl (C=O) groups is 1. The predicted molar refractivity (Wildman–Crippen MR) is 83.1 cm³/mol. The molecule has 0 saturated heterocycles. The van der Waals surface area contributed by atoms with E-state index in [2.05, 4.69) is 20.8 Å². The molecule has 0 saturated carbocycles. The second kappa shape index (κ2) is 6.27. The van der Waals surface area contributed by atoms with Crippen LogP contribution >= 0.6 is 0 Å². The molecule has 0 radical (unpaired) electrons. The third-order valence-electron chi connectivity index (χ3n) is 2.98. The van der Waals surface area contributed by atoms with Gasteiger partial charge in [-0.2, -0.15) is 0 Å². The third-order valence-corrected chi connectivity index (χ3v) is 2.98. The van der Waals surface area contributed by atoms with Gasteiger partial charge in [0.2, 0.25) is 0 Å². The number of anilines is 3. The lowest BCUT2D eigenvalue weighted by Gasteiger charge is -2.07. The Labute approximate surface area is 131 Å². The van der Waals surface area contributed by atoms with E-state index in [-0.39, 0.29) is 5.69 Å². The number of halogens is 1. The number of benzene rings is 1. The fourth-order valence-corrected chi connectivity index (χ4v) is 1.97. The Bertz CT molecular complexity index is 847. The molecular weight excluding hydrogens is 299 g/mol. The van der Waals surface area contributed by atoms with Gasteiger partial charge in [0.15, 0.2) is 5.82 Å². The topological polar surface area (TPSA) is 80.0 Å². The van der Waals surface area contributed by atoms with E-state index in [4.69, 9.17) is 4.52 Å². The van der Waals surface area contributed by atoms with Crippen molar-refractivity contribution in [3.8, 4) is 0 Å². The van der Waals surface area contributed by atoms with Gasteiger partial charge in [-0.25, -0.2) is 4.39 Å². The smallest absolute Gasteiger partial charge is 0.274 e. The predicted octanol–water partition coefficient (Wildman–Crippen LogP) is 3.51. The number of hydrogen-bond donors (Lipinski definition) is 2. The highest BCUT2D eigenvalue weighted by Gasteiger charge is 2.10. The highest BCUT2D eigenvalue weighted by molar-refractivity contribution is 6.03. The van der Waals surface area contributed by atoms with Crippen molar-refractivity contribution in [2.75, 3.05) is 10.6 Å². The van der Waals surface area contributed by atoms with Gasteiger partial charge >= 0.3 is 0 Å². The minimum Gasteiger partial charge on any atom is -0.360 e. The fourth-order valence-electron chi connectivity index (χ4n) is 1.97. The monoisotopic (exact) mass is 312 g/mol. The molecule has 0 unspecified atom stereocenters. The quantitative estimate of drug-likeness (QED) is 0.770. The van der Waals surface area contributed by atoms with Crippen molar-refractivity contribution in [1.82, 2.24) is 10.1 Å².